The molecule has 1 aromatic rings. The molecule has 13 heavy (non-hydrogen) atoms. The van der Waals surface area contributed by atoms with Crippen LogP contribution in [0.5, 0.6) is 0 Å². The predicted octanol–water partition coefficient (Wildman–Crippen LogP) is 1.71. The summed E-state index contributed by atoms with van der Waals surface area (Å²) < 4.78 is 2.38. The second-order valence-corrected chi connectivity index (χ2v) is 4.67. The van der Waals surface area contributed by atoms with Crippen LogP contribution < -0.4 is 0 Å². The summed E-state index contributed by atoms with van der Waals surface area (Å²) in [5, 5.41) is 0.733. The molecule has 0 bridgehead atoms. The molecular formula is C10H14BN2. The minimum absolute atomic E-state index is 0.288. The molecule has 67 valence electrons. The van der Waals surface area contributed by atoms with Crippen LogP contribution >= 0.6 is 0 Å². The van der Waals surface area contributed by atoms with Crippen LogP contribution in [-0.4, -0.2) is 16.8 Å². The third-order valence-electron chi connectivity index (χ3n) is 4.11. The molecule has 3 heterocycles. The number of rotatable bonds is 1. The molecule has 2 aliphatic heterocycles. The number of fused-ring (bicyclic) bond motifs is 3. The molecule has 1 fully saturated rings. The molecule has 0 saturated carbocycles. The molecule has 0 spiro atoms. The maximum Gasteiger partial charge on any atom is 0.138 e. The van der Waals surface area contributed by atoms with E-state index < -0.39 is 0 Å². The Morgan fingerprint density at radius 1 is 1.69 bits per heavy atom. The van der Waals surface area contributed by atoms with Gasteiger partial charge >= 0.3 is 0 Å². The molecule has 3 heteroatoms. The summed E-state index contributed by atoms with van der Waals surface area (Å²) in [6, 6.07) is 0. The molecular weight excluding hydrogens is 159 g/mol. The Bertz CT molecular complexity index is 384. The van der Waals surface area contributed by atoms with Crippen molar-refractivity contribution in [3.8, 4) is 0 Å². The second-order valence-electron chi connectivity index (χ2n) is 4.67. The number of hydrogen-bond donors (Lipinski definition) is 0. The topological polar surface area (TPSA) is 17.8 Å². The minimum Gasteiger partial charge on any atom is -0.333 e. The summed E-state index contributed by atoms with van der Waals surface area (Å²) in [4.78, 5) is 4.52. The first-order valence-corrected chi connectivity index (χ1v) is 5.03. The van der Waals surface area contributed by atoms with Crippen molar-refractivity contribution in [3.05, 3.63) is 17.7 Å². The van der Waals surface area contributed by atoms with Crippen molar-refractivity contribution in [1.29, 1.82) is 0 Å². The lowest BCUT2D eigenvalue weighted by molar-refractivity contribution is 0.521. The van der Waals surface area contributed by atoms with E-state index >= 15 is 0 Å². The van der Waals surface area contributed by atoms with Crippen molar-refractivity contribution in [2.75, 3.05) is 0 Å². The number of hydrogen-bond acceptors (Lipinski definition) is 1. The molecule has 1 radical (unpaired) electrons. The lowest BCUT2D eigenvalue weighted by atomic mass is 9.83. The van der Waals surface area contributed by atoms with Crippen LogP contribution in [0.4, 0.5) is 0 Å². The second kappa shape index (κ2) is 1.86. The van der Waals surface area contributed by atoms with Gasteiger partial charge in [-0.05, 0) is 17.6 Å². The van der Waals surface area contributed by atoms with E-state index in [1.165, 1.54) is 17.9 Å². The highest BCUT2D eigenvalue weighted by Crippen LogP contribution is 2.69. The zero-order chi connectivity index (χ0) is 9.27. The smallest absolute Gasteiger partial charge is 0.138 e. The summed E-state index contributed by atoms with van der Waals surface area (Å²) in [6.45, 7) is 7.90. The summed E-state index contributed by atoms with van der Waals surface area (Å²) in [5.41, 5.74) is 1.31. The van der Waals surface area contributed by atoms with Gasteiger partial charge in [0.05, 0.1) is 0 Å². The monoisotopic (exact) mass is 173 g/mol. The molecule has 1 aromatic heterocycles. The molecule has 2 aliphatic rings. The Labute approximate surface area is 79.6 Å². The van der Waals surface area contributed by atoms with Crippen LogP contribution in [0.15, 0.2) is 6.20 Å². The molecule has 0 aliphatic carbocycles. The highest BCUT2D eigenvalue weighted by molar-refractivity contribution is 6.60. The average Bonchev–Trinajstić information content (AvgIpc) is 2.41. The van der Waals surface area contributed by atoms with Crippen LogP contribution in [0.3, 0.4) is 0 Å². The Balaban J connectivity index is 2.15. The summed E-state index contributed by atoms with van der Waals surface area (Å²) in [5.74, 6) is 1.28. The normalized spacial score (nSPS) is 39.6. The van der Waals surface area contributed by atoms with E-state index in [0.717, 1.165) is 6.54 Å². The van der Waals surface area contributed by atoms with Gasteiger partial charge in [0.25, 0.3) is 0 Å². The third kappa shape index (κ3) is 0.629. The summed E-state index contributed by atoms with van der Waals surface area (Å²) in [6.07, 6.45) is 3.23. The fraction of sp³-hybridized carbons (Fsp3) is 0.700. The van der Waals surface area contributed by atoms with E-state index in [1.807, 2.05) is 6.20 Å². The quantitative estimate of drug-likeness (QED) is 0.591. The van der Waals surface area contributed by atoms with Crippen molar-refractivity contribution in [2.24, 2.45) is 0 Å². The first-order valence-electron chi connectivity index (χ1n) is 5.03. The van der Waals surface area contributed by atoms with Crippen molar-refractivity contribution >= 4 is 7.28 Å². The molecule has 0 N–H and O–H groups in total. The van der Waals surface area contributed by atoms with Crippen LogP contribution in [-0.2, 0) is 11.9 Å². The van der Waals surface area contributed by atoms with E-state index in [0.29, 0.717) is 5.31 Å². The summed E-state index contributed by atoms with van der Waals surface area (Å²) >= 11 is 0. The first kappa shape index (κ1) is 7.66. The zero-order valence-electron chi connectivity index (χ0n) is 8.46. The highest BCUT2D eigenvalue weighted by Gasteiger charge is 2.70. The van der Waals surface area contributed by atoms with Crippen LogP contribution in [0.2, 0.25) is 5.31 Å². The number of imidazole rings is 1. The van der Waals surface area contributed by atoms with Gasteiger partial charge in [0, 0.05) is 18.4 Å². The van der Waals surface area contributed by atoms with Crippen molar-refractivity contribution in [3.63, 3.8) is 0 Å². The van der Waals surface area contributed by atoms with Gasteiger partial charge in [0.1, 0.15) is 13.1 Å². The Morgan fingerprint density at radius 3 is 3.08 bits per heavy atom. The van der Waals surface area contributed by atoms with Crippen LogP contribution in [0, 0.1) is 6.92 Å². The van der Waals surface area contributed by atoms with Crippen LogP contribution in [0.25, 0.3) is 0 Å². The molecule has 3 rings (SSSR count). The Kier molecular flexibility index (Phi) is 1.10. The van der Waals surface area contributed by atoms with Crippen molar-refractivity contribution in [2.45, 2.75) is 44.4 Å². The van der Waals surface area contributed by atoms with E-state index in [4.69, 9.17) is 0 Å². The van der Waals surface area contributed by atoms with Gasteiger partial charge in [-0.1, -0.05) is 20.3 Å². The maximum atomic E-state index is 4.52. The van der Waals surface area contributed by atoms with Gasteiger partial charge in [0.15, 0.2) is 0 Å². The summed E-state index contributed by atoms with van der Waals surface area (Å²) in [7, 11) is 2.47. The largest absolute Gasteiger partial charge is 0.333 e. The SMILES string of the molecule is CCC12[B]C1(C)c1ncc(C)n1C2. The zero-order valence-corrected chi connectivity index (χ0v) is 8.46. The average molecular weight is 173 g/mol. The first-order chi connectivity index (χ1) is 6.13. The van der Waals surface area contributed by atoms with Crippen molar-refractivity contribution in [1.82, 2.24) is 9.55 Å². The number of aryl methyl sites for hydroxylation is 1. The fourth-order valence-electron chi connectivity index (χ4n) is 2.95. The molecule has 2 nitrogen and oxygen atoms in total. The van der Waals surface area contributed by atoms with E-state index in [1.54, 1.807) is 0 Å². The molecule has 1 saturated heterocycles. The van der Waals surface area contributed by atoms with Gasteiger partial charge in [-0.3, -0.25) is 0 Å². The van der Waals surface area contributed by atoms with Crippen molar-refractivity contribution < 1.29 is 0 Å². The molecule has 0 amide bonds. The number of nitrogens with zero attached hydrogens (tertiary/aromatic N) is 2. The van der Waals surface area contributed by atoms with E-state index in [-0.39, 0.29) is 5.31 Å². The Morgan fingerprint density at radius 2 is 2.46 bits per heavy atom. The minimum atomic E-state index is 0.288. The lowest BCUT2D eigenvalue weighted by Crippen LogP contribution is -2.07. The van der Waals surface area contributed by atoms with Gasteiger partial charge in [0.2, 0.25) is 0 Å². The number of aromatic nitrogens is 2. The van der Waals surface area contributed by atoms with Gasteiger partial charge in [-0.2, -0.15) is 0 Å². The molecule has 0 aromatic carbocycles. The van der Waals surface area contributed by atoms with E-state index in [9.17, 15) is 0 Å². The standard InChI is InChI=1S/C10H14BN2/c1-4-10-6-13-7(2)5-12-8(13)9(10,3)11-10/h5H,4,6H2,1-3H3. The Hall–Kier alpha value is -0.725. The van der Waals surface area contributed by atoms with Gasteiger partial charge in [-0.15, -0.1) is 0 Å². The maximum absolute atomic E-state index is 4.52. The van der Waals surface area contributed by atoms with Gasteiger partial charge < -0.3 is 4.57 Å². The molecule has 2 unspecified atom stereocenters. The third-order valence-corrected chi connectivity index (χ3v) is 4.11. The van der Waals surface area contributed by atoms with Gasteiger partial charge in [-0.25, -0.2) is 4.98 Å². The van der Waals surface area contributed by atoms with Crippen LogP contribution in [0.1, 0.15) is 31.8 Å². The van der Waals surface area contributed by atoms with E-state index in [2.05, 4.69) is 37.6 Å². The molecule has 2 atom stereocenters. The predicted molar refractivity (Wildman–Crippen MR) is 53.1 cm³/mol. The highest BCUT2D eigenvalue weighted by atomic mass is 15.2. The lowest BCUT2D eigenvalue weighted by Gasteiger charge is -2.12. The fourth-order valence-corrected chi connectivity index (χ4v) is 2.95.